The Bertz CT molecular complexity index is 1790. The van der Waals surface area contributed by atoms with Crippen LogP contribution in [0, 0.1) is 35.4 Å². The van der Waals surface area contributed by atoms with Crippen molar-refractivity contribution in [1.29, 1.82) is 0 Å². The van der Waals surface area contributed by atoms with E-state index in [1.54, 1.807) is 43.0 Å². The first-order valence-corrected chi connectivity index (χ1v) is 15.9. The lowest BCUT2D eigenvalue weighted by molar-refractivity contribution is -0.291. The molecule has 3 aromatic rings. The smallest absolute Gasteiger partial charge is 0.304 e. The number of aliphatic hydroxyl groups is 1. The number of nitrogens with zero attached hydrogens (tertiary/aromatic N) is 1. The molecule has 0 bridgehead atoms. The number of hydrogen-bond acceptors (Lipinski definition) is 8. The van der Waals surface area contributed by atoms with Crippen molar-refractivity contribution in [2.75, 3.05) is 24.7 Å². The maximum absolute atomic E-state index is 13.8. The Hall–Kier alpha value is -5.00. The van der Waals surface area contributed by atoms with Crippen molar-refractivity contribution in [1.82, 2.24) is 0 Å². The molecule has 0 radical (unpaired) electrons. The SMILES string of the molecule is CC(=O)O[C@@H](CC[C@H]1C(=O)N(c2ccc(C#CCO)cc2)[C@@H]1c1ccc(C#CC2(OC(C)=O)COC(C)(C)OC2)cc1)c1ccc(F)cc1. The third-order valence-corrected chi connectivity index (χ3v) is 8.29. The Morgan fingerprint density at radius 1 is 0.939 bits per heavy atom. The number of rotatable bonds is 8. The number of carbonyl (C=O) groups excluding carboxylic acids is 3. The van der Waals surface area contributed by atoms with Crippen molar-refractivity contribution in [3.05, 3.63) is 101 Å². The fourth-order valence-corrected chi connectivity index (χ4v) is 5.89. The predicted octanol–water partition coefficient (Wildman–Crippen LogP) is 5.39. The number of carbonyl (C=O) groups is 3. The normalized spacial score (nSPS) is 19.6. The van der Waals surface area contributed by atoms with Gasteiger partial charge in [-0.1, -0.05) is 42.0 Å². The molecule has 2 aliphatic heterocycles. The highest BCUT2D eigenvalue weighted by atomic mass is 19.1. The number of hydrogen-bond donors (Lipinski definition) is 1. The molecule has 1 amide bonds. The van der Waals surface area contributed by atoms with Crippen molar-refractivity contribution in [2.24, 2.45) is 5.92 Å². The average Bonchev–Trinajstić information content (AvgIpc) is 3.07. The van der Waals surface area contributed by atoms with Crippen LogP contribution in [-0.2, 0) is 33.3 Å². The summed E-state index contributed by atoms with van der Waals surface area (Å²) < 4.78 is 36.2. The molecule has 1 N–H and O–H groups in total. The monoisotopic (exact) mass is 667 g/mol. The number of amides is 1. The van der Waals surface area contributed by atoms with E-state index in [-0.39, 0.29) is 31.8 Å². The lowest BCUT2D eigenvalue weighted by Gasteiger charge is -2.48. The summed E-state index contributed by atoms with van der Waals surface area (Å²) in [6, 6.07) is 20.1. The van der Waals surface area contributed by atoms with Gasteiger partial charge in [-0.25, -0.2) is 4.39 Å². The fraction of sp³-hybridized carbons (Fsp3) is 0.359. The van der Waals surface area contributed by atoms with Gasteiger partial charge in [0, 0.05) is 30.7 Å². The molecule has 49 heavy (non-hydrogen) atoms. The highest BCUT2D eigenvalue weighted by Gasteiger charge is 2.48. The van der Waals surface area contributed by atoms with Gasteiger partial charge >= 0.3 is 11.9 Å². The van der Waals surface area contributed by atoms with Crippen LogP contribution in [0.4, 0.5) is 10.1 Å². The summed E-state index contributed by atoms with van der Waals surface area (Å²) in [5.74, 6) is 8.88. The van der Waals surface area contributed by atoms with Gasteiger partial charge in [0.25, 0.3) is 0 Å². The zero-order valence-corrected chi connectivity index (χ0v) is 27.8. The van der Waals surface area contributed by atoms with E-state index >= 15 is 0 Å². The fourth-order valence-electron chi connectivity index (χ4n) is 5.89. The van der Waals surface area contributed by atoms with Gasteiger partial charge in [0.15, 0.2) is 5.79 Å². The summed E-state index contributed by atoms with van der Waals surface area (Å²) in [6.45, 7) is 6.04. The van der Waals surface area contributed by atoms with Crippen molar-refractivity contribution >= 4 is 23.5 Å². The number of halogens is 1. The van der Waals surface area contributed by atoms with Crippen LogP contribution < -0.4 is 4.90 Å². The minimum Gasteiger partial charge on any atom is -0.458 e. The van der Waals surface area contributed by atoms with Crippen molar-refractivity contribution in [3.8, 4) is 23.7 Å². The molecule has 0 spiro atoms. The van der Waals surface area contributed by atoms with Gasteiger partial charge in [0.2, 0.25) is 11.5 Å². The second-order valence-electron chi connectivity index (χ2n) is 12.4. The van der Waals surface area contributed by atoms with E-state index in [4.69, 9.17) is 24.1 Å². The minimum absolute atomic E-state index is 0.0577. The summed E-state index contributed by atoms with van der Waals surface area (Å²) in [7, 11) is 0. The van der Waals surface area contributed by atoms with Crippen LogP contribution in [0.25, 0.3) is 0 Å². The summed E-state index contributed by atoms with van der Waals surface area (Å²) in [5, 5.41) is 9.04. The van der Waals surface area contributed by atoms with Crippen LogP contribution in [0.3, 0.4) is 0 Å². The molecule has 2 heterocycles. The maximum atomic E-state index is 13.8. The standard InChI is InChI=1S/C39H38FNO8/c1-26(43)48-35(30-13-15-32(40)16-14-30)20-19-34-36(41(37(34)45)33-17-9-28(10-18-33)6-5-23-42)31-11-7-29(8-12-31)21-22-39(49-27(2)44)24-46-38(3,4)47-25-39/h7-18,34-36,42H,19-20,23-25H2,1-4H3/t34-,35+,36-/m1/s1. The van der Waals surface area contributed by atoms with E-state index in [1.807, 2.05) is 36.4 Å². The van der Waals surface area contributed by atoms with E-state index < -0.39 is 41.2 Å². The molecule has 10 heteroatoms. The van der Waals surface area contributed by atoms with Crippen LogP contribution in [0.15, 0.2) is 72.8 Å². The van der Waals surface area contributed by atoms with E-state index in [9.17, 15) is 18.8 Å². The molecule has 9 nitrogen and oxygen atoms in total. The van der Waals surface area contributed by atoms with E-state index in [1.165, 1.54) is 26.0 Å². The Labute approximate surface area is 285 Å². The topological polar surface area (TPSA) is 112 Å². The average molecular weight is 668 g/mol. The molecule has 0 aromatic heterocycles. The van der Waals surface area contributed by atoms with Gasteiger partial charge in [0.05, 0.1) is 12.0 Å². The zero-order valence-electron chi connectivity index (χ0n) is 27.8. The van der Waals surface area contributed by atoms with Crippen molar-refractivity contribution in [2.45, 2.75) is 64.1 Å². The number of ether oxygens (including phenoxy) is 4. The predicted molar refractivity (Wildman–Crippen MR) is 178 cm³/mol. The first-order chi connectivity index (χ1) is 23.4. The number of aliphatic hydroxyl groups excluding tert-OH is 1. The Kier molecular flexibility index (Phi) is 10.8. The van der Waals surface area contributed by atoms with Gasteiger partial charge < -0.3 is 29.0 Å². The van der Waals surface area contributed by atoms with Crippen LogP contribution >= 0.6 is 0 Å². The first-order valence-electron chi connectivity index (χ1n) is 15.9. The second kappa shape index (κ2) is 15.0. The largest absolute Gasteiger partial charge is 0.458 e. The zero-order chi connectivity index (χ0) is 35.2. The molecule has 5 rings (SSSR count). The maximum Gasteiger partial charge on any atom is 0.304 e. The number of β-lactam (4-membered cyclic amide) rings is 1. The van der Waals surface area contributed by atoms with Gasteiger partial charge in [-0.05, 0) is 92.3 Å². The molecular formula is C39H38FNO8. The molecule has 2 fully saturated rings. The lowest BCUT2D eigenvalue weighted by atomic mass is 9.78. The molecular weight excluding hydrogens is 629 g/mol. The molecule has 3 aromatic carbocycles. The number of benzene rings is 3. The van der Waals surface area contributed by atoms with Crippen LogP contribution in [-0.4, -0.2) is 54.2 Å². The summed E-state index contributed by atoms with van der Waals surface area (Å²) in [6.07, 6.45) is 0.105. The van der Waals surface area contributed by atoms with Crippen LogP contribution in [0.5, 0.6) is 0 Å². The lowest BCUT2D eigenvalue weighted by Crippen LogP contribution is -2.55. The molecule has 254 valence electrons. The Morgan fingerprint density at radius 2 is 1.55 bits per heavy atom. The highest BCUT2D eigenvalue weighted by Crippen LogP contribution is 2.46. The van der Waals surface area contributed by atoms with Gasteiger partial charge in [-0.2, -0.15) is 0 Å². The van der Waals surface area contributed by atoms with Gasteiger partial charge in [0.1, 0.15) is 31.7 Å². The van der Waals surface area contributed by atoms with Gasteiger partial charge in [-0.3, -0.25) is 14.4 Å². The van der Waals surface area contributed by atoms with Crippen molar-refractivity contribution in [3.63, 3.8) is 0 Å². The molecule has 0 aliphatic carbocycles. The Balaban J connectivity index is 1.41. The summed E-state index contributed by atoms with van der Waals surface area (Å²) in [4.78, 5) is 39.3. The van der Waals surface area contributed by atoms with E-state index in [0.717, 1.165) is 5.56 Å². The van der Waals surface area contributed by atoms with Crippen molar-refractivity contribution < 1.29 is 42.8 Å². The first kappa shape index (κ1) is 35.3. The van der Waals surface area contributed by atoms with Gasteiger partial charge in [-0.15, -0.1) is 0 Å². The second-order valence-corrected chi connectivity index (χ2v) is 12.4. The van der Waals surface area contributed by atoms with E-state index in [2.05, 4.69) is 23.7 Å². The molecule has 2 saturated heterocycles. The third-order valence-electron chi connectivity index (χ3n) is 8.29. The highest BCUT2D eigenvalue weighted by molar-refractivity contribution is 6.03. The van der Waals surface area contributed by atoms with Crippen LogP contribution in [0.1, 0.15) is 74.9 Å². The third kappa shape index (κ3) is 8.73. The summed E-state index contributed by atoms with van der Waals surface area (Å²) >= 11 is 0. The quantitative estimate of drug-likeness (QED) is 0.193. The van der Waals surface area contributed by atoms with Crippen LogP contribution in [0.2, 0.25) is 0 Å². The molecule has 0 saturated carbocycles. The van der Waals surface area contributed by atoms with E-state index in [0.29, 0.717) is 35.2 Å². The molecule has 3 atom stereocenters. The minimum atomic E-state index is -1.25. The molecule has 0 unspecified atom stereocenters. The molecule has 2 aliphatic rings. The Morgan fingerprint density at radius 3 is 2.14 bits per heavy atom. The number of anilines is 1. The summed E-state index contributed by atoms with van der Waals surface area (Å²) in [5.41, 5.74) is 2.30. The number of esters is 2.